The second kappa shape index (κ2) is 10.8. The van der Waals surface area contributed by atoms with E-state index in [0.717, 1.165) is 5.69 Å². The predicted octanol–water partition coefficient (Wildman–Crippen LogP) is 3.06. The first-order valence-electron chi connectivity index (χ1n) is 10.9. The fourth-order valence-corrected chi connectivity index (χ4v) is 4.62. The van der Waals surface area contributed by atoms with Crippen LogP contribution in [0.25, 0.3) is 0 Å². The summed E-state index contributed by atoms with van der Waals surface area (Å²) >= 11 is 6.30. The molecule has 4 rings (SSSR count). The number of thiocarbonyl (C=S) groups is 1. The lowest BCUT2D eigenvalue weighted by molar-refractivity contribution is 0.00471. The van der Waals surface area contributed by atoms with Crippen molar-refractivity contribution in [1.29, 1.82) is 0 Å². The van der Waals surface area contributed by atoms with Gasteiger partial charge in [0.15, 0.2) is 16.7 Å². The highest BCUT2D eigenvalue weighted by atomic mass is 32.1. The minimum atomic E-state index is -0.716. The zero-order valence-corrected chi connectivity index (χ0v) is 20.6. The minimum Gasteiger partial charge on any atom is -0.490 e. The summed E-state index contributed by atoms with van der Waals surface area (Å²) in [6, 6.07) is 2.38. The third-order valence-corrected chi connectivity index (χ3v) is 6.88. The monoisotopic (exact) mass is 512 g/mol. The topological polar surface area (TPSA) is 74.3 Å². The van der Waals surface area contributed by atoms with Gasteiger partial charge in [-0.15, -0.1) is 5.10 Å². The summed E-state index contributed by atoms with van der Waals surface area (Å²) in [5.74, 6) is -1.43. The van der Waals surface area contributed by atoms with Gasteiger partial charge in [0.1, 0.15) is 11.8 Å². The predicted molar refractivity (Wildman–Crippen MR) is 128 cm³/mol. The van der Waals surface area contributed by atoms with E-state index in [4.69, 9.17) is 21.7 Å². The Labute approximate surface area is 205 Å². The van der Waals surface area contributed by atoms with Gasteiger partial charge in [0.05, 0.1) is 31.6 Å². The lowest BCUT2D eigenvalue weighted by Crippen LogP contribution is -2.40. The van der Waals surface area contributed by atoms with Crippen LogP contribution in [0.5, 0.6) is 0 Å². The van der Waals surface area contributed by atoms with Crippen LogP contribution in [0.3, 0.4) is 0 Å². The number of cyclic esters (lactones) is 1. The van der Waals surface area contributed by atoms with Gasteiger partial charge in [-0.1, -0.05) is 4.49 Å². The summed E-state index contributed by atoms with van der Waals surface area (Å²) < 4.78 is 44.5. The average Bonchev–Trinajstić information content (AvgIpc) is 3.42. The molecule has 2 aromatic rings. The molecule has 0 radical (unpaired) electrons. The van der Waals surface area contributed by atoms with Gasteiger partial charge < -0.3 is 14.4 Å². The summed E-state index contributed by atoms with van der Waals surface area (Å²) in [5.41, 5.74) is 0.890. The number of aromatic nitrogens is 2. The van der Waals surface area contributed by atoms with Gasteiger partial charge in [-0.3, -0.25) is 4.90 Å². The highest BCUT2D eigenvalue weighted by molar-refractivity contribution is 7.80. The van der Waals surface area contributed by atoms with Crippen molar-refractivity contribution in [2.24, 2.45) is 0 Å². The summed E-state index contributed by atoms with van der Waals surface area (Å²) in [7, 11) is 3.43. The number of rotatable bonds is 7. The summed E-state index contributed by atoms with van der Waals surface area (Å²) in [6.45, 7) is 2.81. The van der Waals surface area contributed by atoms with Gasteiger partial charge in [-0.2, -0.15) is 0 Å². The molecular weight excluding hydrogens is 486 g/mol. The van der Waals surface area contributed by atoms with E-state index in [-0.39, 0.29) is 17.9 Å². The lowest BCUT2D eigenvalue weighted by Gasteiger charge is -2.28. The van der Waals surface area contributed by atoms with E-state index >= 15 is 8.78 Å². The van der Waals surface area contributed by atoms with Crippen molar-refractivity contribution in [3.63, 3.8) is 0 Å². The van der Waals surface area contributed by atoms with Crippen molar-refractivity contribution in [2.45, 2.75) is 25.5 Å². The number of benzene rings is 1. The van der Waals surface area contributed by atoms with E-state index in [0.29, 0.717) is 50.6 Å². The van der Waals surface area contributed by atoms with Crippen LogP contribution in [0.1, 0.15) is 18.5 Å². The van der Waals surface area contributed by atoms with Crippen molar-refractivity contribution in [3.8, 4) is 0 Å². The third kappa shape index (κ3) is 5.59. The van der Waals surface area contributed by atoms with E-state index in [1.165, 1.54) is 35.7 Å². The molecule has 34 heavy (non-hydrogen) atoms. The molecule has 9 nitrogen and oxygen atoms in total. The molecule has 1 aromatic heterocycles. The Morgan fingerprint density at radius 2 is 2.00 bits per heavy atom. The normalized spacial score (nSPS) is 19.9. The highest BCUT2D eigenvalue weighted by Crippen LogP contribution is 2.32. The molecule has 0 bridgehead atoms. The molecule has 0 aliphatic carbocycles. The van der Waals surface area contributed by atoms with Gasteiger partial charge in [-0.25, -0.2) is 23.6 Å². The number of hydrogen-bond donors (Lipinski definition) is 0. The first-order chi connectivity index (χ1) is 16.4. The molecule has 0 N–H and O–H groups in total. The van der Waals surface area contributed by atoms with Crippen LogP contribution in [-0.4, -0.2) is 83.7 Å². The van der Waals surface area contributed by atoms with Crippen LogP contribution in [0, 0.1) is 11.6 Å². The molecule has 184 valence electrons. The number of anilines is 2. The lowest BCUT2D eigenvalue weighted by atomic mass is 10.2. The Balaban J connectivity index is 1.44. The second-order valence-corrected chi connectivity index (χ2v) is 9.21. The Hall–Kier alpha value is -2.48. The SMILES string of the molecule is COC(=S)CC[C@H]1CN(c2cc(F)c(N3CCN(C)N(Cc4csnn4)CC3)c(F)c2)C(=O)O1. The zero-order chi connectivity index (χ0) is 24.2. The quantitative estimate of drug-likeness (QED) is 0.521. The van der Waals surface area contributed by atoms with Crippen LogP contribution in [0.15, 0.2) is 17.5 Å². The molecule has 1 aromatic carbocycles. The fourth-order valence-electron chi connectivity index (χ4n) is 4.06. The zero-order valence-electron chi connectivity index (χ0n) is 18.9. The highest BCUT2D eigenvalue weighted by Gasteiger charge is 2.34. The van der Waals surface area contributed by atoms with Gasteiger partial charge in [0.2, 0.25) is 0 Å². The van der Waals surface area contributed by atoms with Gasteiger partial charge in [-0.05, 0) is 30.2 Å². The number of amides is 1. The molecule has 0 spiro atoms. The number of carbonyl (C=O) groups is 1. The molecule has 0 unspecified atom stereocenters. The molecule has 1 amide bonds. The number of carbonyl (C=O) groups excluding carboxylic acids is 1. The molecule has 0 saturated carbocycles. The van der Waals surface area contributed by atoms with Gasteiger partial charge in [0.25, 0.3) is 0 Å². The van der Waals surface area contributed by atoms with Gasteiger partial charge >= 0.3 is 6.09 Å². The van der Waals surface area contributed by atoms with E-state index in [1.54, 1.807) is 4.90 Å². The average molecular weight is 513 g/mol. The molecule has 3 heterocycles. The first kappa shape index (κ1) is 24.6. The van der Waals surface area contributed by atoms with E-state index in [9.17, 15) is 4.79 Å². The molecule has 2 fully saturated rings. The largest absolute Gasteiger partial charge is 0.490 e. The summed E-state index contributed by atoms with van der Waals surface area (Å²) in [5, 5.41) is 10.5. The van der Waals surface area contributed by atoms with Crippen molar-refractivity contribution in [3.05, 3.63) is 34.8 Å². The number of likely N-dealkylation sites (N-methyl/N-ethyl adjacent to an activating group) is 1. The third-order valence-electron chi connectivity index (χ3n) is 5.96. The number of nitrogens with zero attached hydrogens (tertiary/aromatic N) is 6. The second-order valence-electron chi connectivity index (χ2n) is 8.14. The molecule has 2 aliphatic heterocycles. The number of hydrazine groups is 1. The smallest absolute Gasteiger partial charge is 0.414 e. The Kier molecular flexibility index (Phi) is 7.86. The number of methoxy groups -OCH3 is 1. The Morgan fingerprint density at radius 1 is 1.26 bits per heavy atom. The van der Waals surface area contributed by atoms with E-state index < -0.39 is 23.8 Å². The molecule has 2 saturated heterocycles. The maximum absolute atomic E-state index is 15.2. The standard InChI is InChI=1S/C21H26F2N6O3S2/c1-26-5-6-27(7-8-28(26)11-14-13-34-25-24-14)20-17(22)9-15(10-18(20)23)29-12-16(32-21(29)30)3-4-19(33)31-2/h9-10,13,16H,3-8,11-12H2,1-2H3/t16-/m0/s1. The van der Waals surface area contributed by atoms with Crippen LogP contribution in [0.2, 0.25) is 0 Å². The Morgan fingerprint density at radius 3 is 2.68 bits per heavy atom. The van der Waals surface area contributed by atoms with E-state index in [2.05, 4.69) is 14.6 Å². The number of halogens is 2. The number of hydrogen-bond acceptors (Lipinski definition) is 10. The first-order valence-corrected chi connectivity index (χ1v) is 12.1. The van der Waals surface area contributed by atoms with Crippen molar-refractivity contribution in [1.82, 2.24) is 19.6 Å². The molecule has 1 atom stereocenters. The Bertz CT molecular complexity index is 1000. The summed E-state index contributed by atoms with van der Waals surface area (Å²) in [6.07, 6.45) is -0.124. The van der Waals surface area contributed by atoms with Crippen LogP contribution >= 0.6 is 23.8 Å². The van der Waals surface area contributed by atoms with Crippen LogP contribution < -0.4 is 9.80 Å². The summed E-state index contributed by atoms with van der Waals surface area (Å²) in [4.78, 5) is 15.3. The maximum atomic E-state index is 15.2. The molecule has 2 aliphatic rings. The van der Waals surface area contributed by atoms with Gasteiger partial charge in [0, 0.05) is 57.2 Å². The van der Waals surface area contributed by atoms with E-state index in [1.807, 2.05) is 17.4 Å². The molecule has 13 heteroatoms. The van der Waals surface area contributed by atoms with Crippen molar-refractivity contribution in [2.75, 3.05) is 56.7 Å². The fraction of sp³-hybridized carbons (Fsp3) is 0.524. The molecular formula is C21H26F2N6O3S2. The van der Waals surface area contributed by atoms with Crippen LogP contribution in [0.4, 0.5) is 25.0 Å². The van der Waals surface area contributed by atoms with Crippen molar-refractivity contribution < 1.29 is 23.0 Å². The maximum Gasteiger partial charge on any atom is 0.414 e. The number of ether oxygens (including phenoxy) is 2. The van der Waals surface area contributed by atoms with Crippen molar-refractivity contribution >= 4 is 46.3 Å². The minimum absolute atomic E-state index is 0.0936. The van der Waals surface area contributed by atoms with Crippen LogP contribution in [-0.2, 0) is 16.0 Å².